The van der Waals surface area contributed by atoms with Crippen molar-refractivity contribution >= 4 is 0 Å². The van der Waals surface area contributed by atoms with E-state index in [9.17, 15) is 9.50 Å². The number of aliphatic hydroxyl groups is 1. The Morgan fingerprint density at radius 2 is 2.46 bits per heavy atom. The molecule has 0 aromatic rings. The summed E-state index contributed by atoms with van der Waals surface area (Å²) >= 11 is 0. The Kier molecular flexibility index (Phi) is 2.89. The summed E-state index contributed by atoms with van der Waals surface area (Å²) in [5.74, 6) is 0. The molecule has 1 heterocycles. The summed E-state index contributed by atoms with van der Waals surface area (Å²) in [6.45, 7) is 3.44. The number of aliphatic hydroxyl groups excluding tert-OH is 1. The molecule has 1 saturated heterocycles. The SMILES string of the molecule is CCC(O)N1CC(C)(F)CC1C#N. The summed E-state index contributed by atoms with van der Waals surface area (Å²) < 4.78 is 13.5. The van der Waals surface area contributed by atoms with Crippen LogP contribution in [0.15, 0.2) is 0 Å². The van der Waals surface area contributed by atoms with Gasteiger partial charge in [0, 0.05) is 13.0 Å². The molecule has 13 heavy (non-hydrogen) atoms. The highest BCUT2D eigenvalue weighted by molar-refractivity contribution is 5.04. The minimum atomic E-state index is -1.34. The molecule has 0 spiro atoms. The largest absolute Gasteiger partial charge is 0.378 e. The Labute approximate surface area is 77.8 Å². The molecule has 3 atom stereocenters. The van der Waals surface area contributed by atoms with Crippen LogP contribution in [0, 0.1) is 11.3 Å². The zero-order chi connectivity index (χ0) is 10.1. The standard InChI is InChI=1S/C9H15FN2O/c1-3-8(13)12-6-9(2,10)4-7(12)5-11/h7-8,13H,3-4,6H2,1-2H3. The summed E-state index contributed by atoms with van der Waals surface area (Å²) in [4.78, 5) is 1.53. The van der Waals surface area contributed by atoms with E-state index in [2.05, 4.69) is 0 Å². The zero-order valence-corrected chi connectivity index (χ0v) is 8.00. The maximum absolute atomic E-state index is 13.5. The normalized spacial score (nSPS) is 37.3. The van der Waals surface area contributed by atoms with Crippen molar-refractivity contribution < 1.29 is 9.50 Å². The molecule has 3 nitrogen and oxygen atoms in total. The van der Waals surface area contributed by atoms with E-state index >= 15 is 0 Å². The number of rotatable bonds is 2. The first-order chi connectivity index (χ1) is 6.00. The second-order valence-electron chi connectivity index (χ2n) is 3.82. The third-order valence-electron chi connectivity index (χ3n) is 2.43. The number of nitriles is 1. The zero-order valence-electron chi connectivity index (χ0n) is 8.00. The molecule has 0 amide bonds. The van der Waals surface area contributed by atoms with Crippen molar-refractivity contribution in [1.29, 1.82) is 5.26 Å². The van der Waals surface area contributed by atoms with Crippen LogP contribution in [0.1, 0.15) is 26.7 Å². The summed E-state index contributed by atoms with van der Waals surface area (Å²) in [6.07, 6.45) is 0.0247. The molecule has 4 heteroatoms. The number of halogens is 1. The van der Waals surface area contributed by atoms with Gasteiger partial charge in [-0.05, 0) is 13.3 Å². The van der Waals surface area contributed by atoms with Crippen molar-refractivity contribution in [3.63, 3.8) is 0 Å². The average molecular weight is 186 g/mol. The van der Waals surface area contributed by atoms with Crippen LogP contribution in [0.2, 0.25) is 0 Å². The van der Waals surface area contributed by atoms with Crippen LogP contribution in [0.4, 0.5) is 4.39 Å². The van der Waals surface area contributed by atoms with Crippen LogP contribution in [-0.4, -0.2) is 34.5 Å². The lowest BCUT2D eigenvalue weighted by Crippen LogP contribution is -2.39. The highest BCUT2D eigenvalue weighted by Gasteiger charge is 2.43. The molecular formula is C9H15FN2O. The molecule has 74 valence electrons. The fourth-order valence-electron chi connectivity index (χ4n) is 1.74. The van der Waals surface area contributed by atoms with Gasteiger partial charge in [0.15, 0.2) is 0 Å². The number of hydrogen-bond acceptors (Lipinski definition) is 3. The van der Waals surface area contributed by atoms with Gasteiger partial charge in [0.1, 0.15) is 17.9 Å². The Balaban J connectivity index is 2.70. The molecule has 3 unspecified atom stereocenters. The predicted molar refractivity (Wildman–Crippen MR) is 46.5 cm³/mol. The molecule has 0 bridgehead atoms. The smallest absolute Gasteiger partial charge is 0.123 e. The molecule has 1 N–H and O–H groups in total. The van der Waals surface area contributed by atoms with E-state index in [1.807, 2.05) is 13.0 Å². The van der Waals surface area contributed by atoms with Crippen molar-refractivity contribution in [3.05, 3.63) is 0 Å². The van der Waals surface area contributed by atoms with Gasteiger partial charge in [-0.2, -0.15) is 5.26 Å². The number of likely N-dealkylation sites (tertiary alicyclic amines) is 1. The molecule has 0 saturated carbocycles. The van der Waals surface area contributed by atoms with Gasteiger partial charge in [0.2, 0.25) is 0 Å². The Hall–Kier alpha value is -0.660. The van der Waals surface area contributed by atoms with Crippen molar-refractivity contribution in [2.45, 2.75) is 44.6 Å². The lowest BCUT2D eigenvalue weighted by Gasteiger charge is -2.24. The van der Waals surface area contributed by atoms with E-state index < -0.39 is 17.9 Å². The van der Waals surface area contributed by atoms with Gasteiger partial charge in [-0.15, -0.1) is 0 Å². The van der Waals surface area contributed by atoms with Crippen LogP contribution in [0.5, 0.6) is 0 Å². The highest BCUT2D eigenvalue weighted by Crippen LogP contribution is 2.31. The first kappa shape index (κ1) is 10.4. The van der Waals surface area contributed by atoms with Crippen molar-refractivity contribution in [2.75, 3.05) is 6.54 Å². The van der Waals surface area contributed by atoms with Gasteiger partial charge >= 0.3 is 0 Å². The summed E-state index contributed by atoms with van der Waals surface area (Å²) in [5, 5.41) is 18.2. The van der Waals surface area contributed by atoms with Gasteiger partial charge < -0.3 is 5.11 Å². The van der Waals surface area contributed by atoms with Gasteiger partial charge in [-0.25, -0.2) is 4.39 Å². The molecular weight excluding hydrogens is 171 g/mol. The molecule has 0 aromatic heterocycles. The molecule has 1 aliphatic rings. The van der Waals surface area contributed by atoms with E-state index in [1.54, 1.807) is 0 Å². The highest BCUT2D eigenvalue weighted by atomic mass is 19.1. The fourth-order valence-corrected chi connectivity index (χ4v) is 1.74. The van der Waals surface area contributed by atoms with Crippen molar-refractivity contribution in [1.82, 2.24) is 4.90 Å². The van der Waals surface area contributed by atoms with Crippen LogP contribution < -0.4 is 0 Å². The number of alkyl halides is 1. The maximum atomic E-state index is 13.5. The third kappa shape index (κ3) is 2.17. The van der Waals surface area contributed by atoms with Crippen LogP contribution in [0.25, 0.3) is 0 Å². The summed E-state index contributed by atoms with van der Waals surface area (Å²) in [6, 6.07) is 1.53. The first-order valence-electron chi connectivity index (χ1n) is 4.52. The lowest BCUT2D eigenvalue weighted by atomic mass is 10.1. The van der Waals surface area contributed by atoms with Gasteiger partial charge in [0.25, 0.3) is 0 Å². The van der Waals surface area contributed by atoms with Gasteiger partial charge in [-0.3, -0.25) is 4.90 Å². The molecule has 0 aliphatic carbocycles. The topological polar surface area (TPSA) is 47.3 Å². The Morgan fingerprint density at radius 1 is 1.85 bits per heavy atom. The quantitative estimate of drug-likeness (QED) is 0.701. The van der Waals surface area contributed by atoms with Gasteiger partial charge in [0.05, 0.1) is 6.07 Å². The molecule has 0 aromatic carbocycles. The second kappa shape index (κ2) is 3.60. The van der Waals surface area contributed by atoms with Crippen LogP contribution in [0.3, 0.4) is 0 Å². The second-order valence-corrected chi connectivity index (χ2v) is 3.82. The van der Waals surface area contributed by atoms with Crippen molar-refractivity contribution in [3.8, 4) is 6.07 Å². The molecule has 1 aliphatic heterocycles. The number of hydrogen-bond donors (Lipinski definition) is 1. The lowest BCUT2D eigenvalue weighted by molar-refractivity contribution is -0.00352. The summed E-state index contributed by atoms with van der Waals surface area (Å²) in [5.41, 5.74) is -1.34. The van der Waals surface area contributed by atoms with Crippen LogP contribution in [-0.2, 0) is 0 Å². The number of nitrogens with zero attached hydrogens (tertiary/aromatic N) is 2. The predicted octanol–water partition coefficient (Wildman–Crippen LogP) is 1.04. The average Bonchev–Trinajstić information content (AvgIpc) is 2.39. The van der Waals surface area contributed by atoms with Crippen molar-refractivity contribution in [2.24, 2.45) is 0 Å². The van der Waals surface area contributed by atoms with Gasteiger partial charge in [-0.1, -0.05) is 6.92 Å². The Morgan fingerprint density at radius 3 is 2.92 bits per heavy atom. The summed E-state index contributed by atoms with van der Waals surface area (Å²) in [7, 11) is 0. The monoisotopic (exact) mass is 186 g/mol. The van der Waals surface area contributed by atoms with E-state index in [0.717, 1.165) is 0 Å². The maximum Gasteiger partial charge on any atom is 0.123 e. The van der Waals surface area contributed by atoms with E-state index in [4.69, 9.17) is 5.26 Å². The fraction of sp³-hybridized carbons (Fsp3) is 0.889. The Bertz CT molecular complexity index is 224. The van der Waals surface area contributed by atoms with E-state index in [1.165, 1.54) is 11.8 Å². The first-order valence-corrected chi connectivity index (χ1v) is 4.52. The van der Waals surface area contributed by atoms with E-state index in [0.29, 0.717) is 6.42 Å². The minimum absolute atomic E-state index is 0.153. The molecule has 0 radical (unpaired) electrons. The molecule has 1 fully saturated rings. The minimum Gasteiger partial charge on any atom is -0.378 e. The van der Waals surface area contributed by atoms with Crippen LogP contribution >= 0.6 is 0 Å². The third-order valence-corrected chi connectivity index (χ3v) is 2.43. The molecule has 1 rings (SSSR count). The van der Waals surface area contributed by atoms with E-state index in [-0.39, 0.29) is 13.0 Å².